The van der Waals surface area contributed by atoms with Gasteiger partial charge >= 0.3 is 0 Å². The minimum absolute atomic E-state index is 0.183. The summed E-state index contributed by atoms with van der Waals surface area (Å²) in [5.41, 5.74) is 8.36. The van der Waals surface area contributed by atoms with Crippen molar-refractivity contribution in [3.8, 4) is 11.3 Å². The topological polar surface area (TPSA) is 30.7 Å². The largest absolute Gasteiger partial charge is 0.317 e. The van der Waals surface area contributed by atoms with Gasteiger partial charge in [-0.2, -0.15) is 0 Å². The predicted molar refractivity (Wildman–Crippen MR) is 101 cm³/mol. The maximum absolute atomic E-state index is 5.04. The quantitative estimate of drug-likeness (QED) is 0.451. The van der Waals surface area contributed by atoms with E-state index in [0.717, 1.165) is 28.6 Å². The van der Waals surface area contributed by atoms with Crippen molar-refractivity contribution in [2.24, 2.45) is 0 Å². The molecule has 6 rings (SSSR count). The highest BCUT2D eigenvalue weighted by molar-refractivity contribution is 5.90. The van der Waals surface area contributed by atoms with Gasteiger partial charge in [0.1, 0.15) is 5.52 Å². The Balaban J connectivity index is 1.76. The van der Waals surface area contributed by atoms with E-state index < -0.39 is 0 Å². The van der Waals surface area contributed by atoms with E-state index in [9.17, 15) is 0 Å². The second kappa shape index (κ2) is 4.69. The molecule has 2 aromatic carbocycles. The van der Waals surface area contributed by atoms with E-state index >= 15 is 0 Å². The predicted octanol–water partition coefficient (Wildman–Crippen LogP) is 5.08. The maximum Gasteiger partial charge on any atom is 0.160 e. The number of hydrogen-bond acceptors (Lipinski definition) is 2. The molecule has 4 aromatic rings. The van der Waals surface area contributed by atoms with Crippen LogP contribution in [0.4, 0.5) is 0 Å². The summed E-state index contributed by atoms with van der Waals surface area (Å²) in [6.45, 7) is 0. The fourth-order valence-electron chi connectivity index (χ4n) is 5.04. The zero-order valence-corrected chi connectivity index (χ0v) is 14.1. The zero-order valence-electron chi connectivity index (χ0n) is 14.1. The van der Waals surface area contributed by atoms with Crippen molar-refractivity contribution in [1.29, 1.82) is 0 Å². The fourth-order valence-corrected chi connectivity index (χ4v) is 5.04. The van der Waals surface area contributed by atoms with Gasteiger partial charge in [0.2, 0.25) is 0 Å². The molecule has 0 saturated heterocycles. The normalized spacial score (nSPS) is 17.9. The van der Waals surface area contributed by atoms with E-state index in [-0.39, 0.29) is 5.54 Å². The van der Waals surface area contributed by atoms with Crippen molar-refractivity contribution in [2.45, 2.75) is 37.6 Å². The first kappa shape index (κ1) is 13.6. The monoisotopic (exact) mass is 325 g/mol. The standard InChI is InChI=1S/C22H19N3/c1-2-8-16-15(7-1)14-22(11-5-6-12-22)25-20(16)13-19-21(25)24-18-10-4-3-9-17(18)23-19/h1-4,7-10,13H,5-6,11-12,14H2. The summed E-state index contributed by atoms with van der Waals surface area (Å²) in [5, 5.41) is 0. The van der Waals surface area contributed by atoms with Crippen LogP contribution in [0.25, 0.3) is 33.5 Å². The van der Waals surface area contributed by atoms with Crippen LogP contribution in [-0.2, 0) is 12.0 Å². The minimum Gasteiger partial charge on any atom is -0.317 e. The van der Waals surface area contributed by atoms with E-state index in [4.69, 9.17) is 9.97 Å². The smallest absolute Gasteiger partial charge is 0.160 e. The summed E-state index contributed by atoms with van der Waals surface area (Å²) in [7, 11) is 0. The van der Waals surface area contributed by atoms with Crippen molar-refractivity contribution in [3.63, 3.8) is 0 Å². The molecule has 25 heavy (non-hydrogen) atoms. The van der Waals surface area contributed by atoms with Crippen LogP contribution in [0.5, 0.6) is 0 Å². The third kappa shape index (κ3) is 1.76. The molecule has 0 bridgehead atoms. The summed E-state index contributed by atoms with van der Waals surface area (Å²) >= 11 is 0. The average molecular weight is 325 g/mol. The number of aromatic nitrogens is 3. The lowest BCUT2D eigenvalue weighted by atomic mass is 9.82. The molecular formula is C22H19N3. The van der Waals surface area contributed by atoms with Crippen molar-refractivity contribution >= 4 is 22.2 Å². The van der Waals surface area contributed by atoms with E-state index in [0.29, 0.717) is 0 Å². The van der Waals surface area contributed by atoms with Gasteiger partial charge < -0.3 is 4.57 Å². The van der Waals surface area contributed by atoms with Crippen LogP contribution in [0.2, 0.25) is 0 Å². The third-order valence-electron chi connectivity index (χ3n) is 6.13. The fraction of sp³-hybridized carbons (Fsp3) is 0.273. The molecule has 0 radical (unpaired) electrons. The number of nitrogens with zero attached hydrogens (tertiary/aromatic N) is 3. The molecule has 2 aromatic heterocycles. The second-order valence-corrected chi connectivity index (χ2v) is 7.55. The maximum atomic E-state index is 5.04. The first-order chi connectivity index (χ1) is 12.3. The highest BCUT2D eigenvalue weighted by Gasteiger charge is 2.42. The molecule has 3 heteroatoms. The lowest BCUT2D eigenvalue weighted by Gasteiger charge is -2.38. The van der Waals surface area contributed by atoms with Gasteiger partial charge in [0, 0.05) is 5.56 Å². The molecule has 1 aliphatic carbocycles. The number of benzene rings is 2. The van der Waals surface area contributed by atoms with Crippen molar-refractivity contribution in [2.75, 3.05) is 0 Å². The second-order valence-electron chi connectivity index (χ2n) is 7.55. The molecule has 0 unspecified atom stereocenters. The Kier molecular flexibility index (Phi) is 2.55. The Bertz CT molecular complexity index is 1130. The number of fused-ring (bicyclic) bond motifs is 7. The van der Waals surface area contributed by atoms with E-state index in [1.807, 2.05) is 12.1 Å². The lowest BCUT2D eigenvalue weighted by Crippen LogP contribution is -2.36. The molecule has 0 amide bonds. The van der Waals surface area contributed by atoms with E-state index in [2.05, 4.69) is 47.0 Å². The molecule has 1 spiro atoms. The van der Waals surface area contributed by atoms with Crippen LogP contribution in [0.1, 0.15) is 31.2 Å². The minimum atomic E-state index is 0.183. The molecule has 1 aliphatic heterocycles. The van der Waals surface area contributed by atoms with Crippen molar-refractivity contribution < 1.29 is 0 Å². The highest BCUT2D eigenvalue weighted by Crippen LogP contribution is 2.49. The molecular weight excluding hydrogens is 306 g/mol. The van der Waals surface area contributed by atoms with Crippen LogP contribution in [0.3, 0.4) is 0 Å². The molecule has 0 N–H and O–H groups in total. The van der Waals surface area contributed by atoms with Crippen LogP contribution in [-0.4, -0.2) is 14.5 Å². The van der Waals surface area contributed by atoms with E-state index in [1.54, 1.807) is 0 Å². The summed E-state index contributed by atoms with van der Waals surface area (Å²) in [6, 6.07) is 19.3. The van der Waals surface area contributed by atoms with Gasteiger partial charge in [-0.25, -0.2) is 9.97 Å². The Morgan fingerprint density at radius 3 is 2.36 bits per heavy atom. The third-order valence-corrected chi connectivity index (χ3v) is 6.13. The summed E-state index contributed by atoms with van der Waals surface area (Å²) in [4.78, 5) is 9.97. The molecule has 2 aliphatic rings. The van der Waals surface area contributed by atoms with Gasteiger partial charge in [-0.3, -0.25) is 0 Å². The highest BCUT2D eigenvalue weighted by atomic mass is 15.1. The van der Waals surface area contributed by atoms with E-state index in [1.165, 1.54) is 42.5 Å². The average Bonchev–Trinajstić information content (AvgIpc) is 3.25. The van der Waals surface area contributed by atoms with Gasteiger partial charge in [-0.1, -0.05) is 49.2 Å². The Morgan fingerprint density at radius 1 is 0.800 bits per heavy atom. The summed E-state index contributed by atoms with van der Waals surface area (Å²) < 4.78 is 2.54. The van der Waals surface area contributed by atoms with Gasteiger partial charge in [0.25, 0.3) is 0 Å². The number of hydrogen-bond donors (Lipinski definition) is 0. The van der Waals surface area contributed by atoms with Crippen LogP contribution in [0.15, 0.2) is 54.6 Å². The number of para-hydroxylation sites is 2. The molecule has 0 atom stereocenters. The molecule has 1 fully saturated rings. The first-order valence-corrected chi connectivity index (χ1v) is 9.21. The molecule has 3 nitrogen and oxygen atoms in total. The van der Waals surface area contributed by atoms with Crippen LogP contribution >= 0.6 is 0 Å². The Hall–Kier alpha value is -2.68. The van der Waals surface area contributed by atoms with Crippen molar-refractivity contribution in [1.82, 2.24) is 14.5 Å². The van der Waals surface area contributed by atoms with Gasteiger partial charge in [0.05, 0.1) is 22.3 Å². The molecule has 122 valence electrons. The molecule has 3 heterocycles. The van der Waals surface area contributed by atoms with Gasteiger partial charge in [-0.15, -0.1) is 0 Å². The van der Waals surface area contributed by atoms with Gasteiger partial charge in [0.15, 0.2) is 5.65 Å². The first-order valence-electron chi connectivity index (χ1n) is 9.21. The lowest BCUT2D eigenvalue weighted by molar-refractivity contribution is 0.296. The molecule has 1 saturated carbocycles. The zero-order chi connectivity index (χ0) is 16.4. The van der Waals surface area contributed by atoms with Gasteiger partial charge in [-0.05, 0) is 43.0 Å². The summed E-state index contributed by atoms with van der Waals surface area (Å²) in [5.74, 6) is 0. The SMILES string of the molecule is c1ccc2c(c1)CC1(CCCC1)n1c-2cc2nc3ccccc3nc21. The van der Waals surface area contributed by atoms with Crippen molar-refractivity contribution in [3.05, 3.63) is 60.2 Å². The summed E-state index contributed by atoms with van der Waals surface area (Å²) in [6.07, 6.45) is 6.22. The Morgan fingerprint density at radius 2 is 1.52 bits per heavy atom. The van der Waals surface area contributed by atoms with Crippen LogP contribution < -0.4 is 0 Å². The number of rotatable bonds is 0. The van der Waals surface area contributed by atoms with Crippen LogP contribution in [0, 0.1) is 0 Å². The Labute approximate surface area is 146 Å².